The fourth-order valence-corrected chi connectivity index (χ4v) is 2.99. The molecule has 19 heavy (non-hydrogen) atoms. The molecule has 1 atom stereocenters. The summed E-state index contributed by atoms with van der Waals surface area (Å²) in [5.74, 6) is -0.0460. The van der Waals surface area contributed by atoms with E-state index in [1.54, 1.807) is 4.90 Å². The van der Waals surface area contributed by atoms with Crippen LogP contribution < -0.4 is 5.32 Å². The summed E-state index contributed by atoms with van der Waals surface area (Å²) in [7, 11) is -3.15. The maximum absolute atomic E-state index is 12.1. The van der Waals surface area contributed by atoms with Gasteiger partial charge in [-0.3, -0.25) is 4.79 Å². The Kier molecular flexibility index (Phi) is 6.00. The molecule has 0 aromatic carbocycles. The van der Waals surface area contributed by atoms with Gasteiger partial charge < -0.3 is 15.0 Å². The fourth-order valence-electron chi connectivity index (χ4n) is 2.17. The van der Waals surface area contributed by atoms with Crippen molar-refractivity contribution in [1.29, 1.82) is 0 Å². The van der Waals surface area contributed by atoms with Crippen LogP contribution in [0, 0.1) is 0 Å². The molecule has 0 saturated carbocycles. The lowest BCUT2D eigenvalue weighted by Crippen LogP contribution is -2.55. The molecule has 0 radical (unpaired) electrons. The SMILES string of the molecule is CS(=O)(=O)N1CCN(C(=O)C2CNCCO2)CC1.Cl. The summed E-state index contributed by atoms with van der Waals surface area (Å²) in [4.78, 5) is 13.8. The average molecular weight is 314 g/mol. The topological polar surface area (TPSA) is 79.0 Å². The highest BCUT2D eigenvalue weighted by molar-refractivity contribution is 7.88. The molecule has 9 heteroatoms. The van der Waals surface area contributed by atoms with Gasteiger partial charge in [0.05, 0.1) is 12.9 Å². The smallest absolute Gasteiger partial charge is 0.253 e. The Balaban J connectivity index is 0.00000180. The summed E-state index contributed by atoms with van der Waals surface area (Å²) in [5.41, 5.74) is 0. The predicted octanol–water partition coefficient (Wildman–Crippen LogP) is -1.50. The molecule has 2 aliphatic heterocycles. The predicted molar refractivity (Wildman–Crippen MR) is 72.9 cm³/mol. The number of hydrogen-bond acceptors (Lipinski definition) is 5. The van der Waals surface area contributed by atoms with Crippen molar-refractivity contribution in [3.05, 3.63) is 0 Å². The minimum atomic E-state index is -3.15. The van der Waals surface area contributed by atoms with Crippen molar-refractivity contribution in [2.45, 2.75) is 6.10 Å². The lowest BCUT2D eigenvalue weighted by atomic mass is 10.2. The molecule has 1 N–H and O–H groups in total. The van der Waals surface area contributed by atoms with Gasteiger partial charge in [-0.2, -0.15) is 4.31 Å². The summed E-state index contributed by atoms with van der Waals surface area (Å²) in [6.07, 6.45) is 0.766. The number of morpholine rings is 1. The van der Waals surface area contributed by atoms with Crippen LogP contribution >= 0.6 is 12.4 Å². The first-order chi connectivity index (χ1) is 8.48. The van der Waals surface area contributed by atoms with E-state index in [0.29, 0.717) is 39.3 Å². The van der Waals surface area contributed by atoms with Crippen molar-refractivity contribution in [1.82, 2.24) is 14.5 Å². The lowest BCUT2D eigenvalue weighted by molar-refractivity contribution is -0.146. The molecule has 1 unspecified atom stereocenters. The number of ether oxygens (including phenoxy) is 1. The number of piperazine rings is 1. The molecule has 0 bridgehead atoms. The molecule has 1 amide bonds. The third kappa shape index (κ3) is 4.28. The van der Waals surface area contributed by atoms with Gasteiger partial charge >= 0.3 is 0 Å². The van der Waals surface area contributed by atoms with Crippen LogP contribution in [0.25, 0.3) is 0 Å². The molecular formula is C10H20ClN3O4S. The molecule has 0 aromatic heterocycles. The van der Waals surface area contributed by atoms with E-state index < -0.39 is 16.1 Å². The number of carbonyl (C=O) groups excluding carboxylic acids is 1. The number of carbonyl (C=O) groups is 1. The average Bonchev–Trinajstić information content (AvgIpc) is 2.38. The summed E-state index contributed by atoms with van der Waals surface area (Å²) in [6.45, 7) is 3.45. The zero-order valence-electron chi connectivity index (χ0n) is 10.9. The molecule has 2 heterocycles. The number of sulfonamides is 1. The third-order valence-electron chi connectivity index (χ3n) is 3.22. The van der Waals surface area contributed by atoms with Crippen LogP contribution in [0.4, 0.5) is 0 Å². The minimum absolute atomic E-state index is 0. The fraction of sp³-hybridized carbons (Fsp3) is 0.900. The molecule has 2 fully saturated rings. The van der Waals surface area contributed by atoms with Gasteiger partial charge in [0.2, 0.25) is 10.0 Å². The molecule has 0 aliphatic carbocycles. The van der Waals surface area contributed by atoms with Crippen LogP contribution in [-0.4, -0.2) is 81.8 Å². The van der Waals surface area contributed by atoms with Crippen LogP contribution in [0.2, 0.25) is 0 Å². The van der Waals surface area contributed by atoms with E-state index in [4.69, 9.17) is 4.74 Å². The second kappa shape index (κ2) is 6.85. The molecule has 2 rings (SSSR count). The Labute approximate surface area is 119 Å². The Morgan fingerprint density at radius 1 is 1.26 bits per heavy atom. The molecule has 0 aromatic rings. The second-order valence-electron chi connectivity index (χ2n) is 4.55. The van der Waals surface area contributed by atoms with Crippen LogP contribution in [0.3, 0.4) is 0 Å². The summed E-state index contributed by atoms with van der Waals surface area (Å²) in [6, 6.07) is 0. The van der Waals surface area contributed by atoms with E-state index >= 15 is 0 Å². The van der Waals surface area contributed by atoms with Gasteiger partial charge in [0.25, 0.3) is 5.91 Å². The lowest BCUT2D eigenvalue weighted by Gasteiger charge is -2.35. The van der Waals surface area contributed by atoms with E-state index in [-0.39, 0.29) is 18.3 Å². The number of amides is 1. The Bertz CT molecular complexity index is 403. The van der Waals surface area contributed by atoms with Gasteiger partial charge in [-0.1, -0.05) is 0 Å². The molecule has 7 nitrogen and oxygen atoms in total. The highest BCUT2D eigenvalue weighted by Crippen LogP contribution is 2.09. The van der Waals surface area contributed by atoms with Crippen molar-refractivity contribution in [2.75, 3.05) is 52.1 Å². The van der Waals surface area contributed by atoms with Crippen LogP contribution in [0.1, 0.15) is 0 Å². The van der Waals surface area contributed by atoms with Crippen LogP contribution in [0.5, 0.6) is 0 Å². The van der Waals surface area contributed by atoms with E-state index in [1.165, 1.54) is 10.6 Å². The largest absolute Gasteiger partial charge is 0.366 e. The molecule has 112 valence electrons. The highest BCUT2D eigenvalue weighted by Gasteiger charge is 2.31. The standard InChI is InChI=1S/C10H19N3O4S.ClH/c1-18(15,16)13-5-3-12(4-6-13)10(14)9-8-11-2-7-17-9;/h9,11H,2-8H2,1H3;1H. The summed E-state index contributed by atoms with van der Waals surface area (Å²) < 4.78 is 29.5. The number of rotatable bonds is 2. The van der Waals surface area contributed by atoms with Crippen molar-refractivity contribution < 1.29 is 17.9 Å². The van der Waals surface area contributed by atoms with E-state index in [1.807, 2.05) is 0 Å². The van der Waals surface area contributed by atoms with Gasteiger partial charge in [0, 0.05) is 39.3 Å². The Morgan fingerprint density at radius 3 is 2.37 bits per heavy atom. The molecular weight excluding hydrogens is 294 g/mol. The van der Waals surface area contributed by atoms with Crippen LogP contribution in [-0.2, 0) is 19.6 Å². The first-order valence-electron chi connectivity index (χ1n) is 6.05. The van der Waals surface area contributed by atoms with Gasteiger partial charge in [-0.25, -0.2) is 8.42 Å². The molecule has 2 aliphatic rings. The monoisotopic (exact) mass is 313 g/mol. The van der Waals surface area contributed by atoms with E-state index in [0.717, 1.165) is 6.54 Å². The number of hydrogen-bond donors (Lipinski definition) is 1. The van der Waals surface area contributed by atoms with Gasteiger partial charge in [-0.15, -0.1) is 12.4 Å². The highest BCUT2D eigenvalue weighted by atomic mass is 35.5. The molecule has 0 spiro atoms. The van der Waals surface area contributed by atoms with Crippen molar-refractivity contribution in [3.8, 4) is 0 Å². The van der Waals surface area contributed by atoms with Crippen molar-refractivity contribution in [2.24, 2.45) is 0 Å². The summed E-state index contributed by atoms with van der Waals surface area (Å²) >= 11 is 0. The summed E-state index contributed by atoms with van der Waals surface area (Å²) in [5, 5.41) is 3.11. The van der Waals surface area contributed by atoms with Gasteiger partial charge in [0.1, 0.15) is 6.10 Å². The van der Waals surface area contributed by atoms with Crippen LogP contribution in [0.15, 0.2) is 0 Å². The maximum Gasteiger partial charge on any atom is 0.253 e. The molecule has 2 saturated heterocycles. The number of nitrogens with zero attached hydrogens (tertiary/aromatic N) is 2. The van der Waals surface area contributed by atoms with Crippen molar-refractivity contribution in [3.63, 3.8) is 0 Å². The van der Waals surface area contributed by atoms with E-state index in [2.05, 4.69) is 5.32 Å². The van der Waals surface area contributed by atoms with E-state index in [9.17, 15) is 13.2 Å². The minimum Gasteiger partial charge on any atom is -0.366 e. The second-order valence-corrected chi connectivity index (χ2v) is 6.53. The normalized spacial score (nSPS) is 25.7. The number of halogens is 1. The quantitative estimate of drug-likeness (QED) is 0.671. The zero-order chi connectivity index (χ0) is 13.2. The maximum atomic E-state index is 12.1. The zero-order valence-corrected chi connectivity index (χ0v) is 12.5. The first kappa shape index (κ1) is 16.6. The van der Waals surface area contributed by atoms with Gasteiger partial charge in [-0.05, 0) is 0 Å². The first-order valence-corrected chi connectivity index (χ1v) is 7.89. The van der Waals surface area contributed by atoms with Gasteiger partial charge in [0.15, 0.2) is 0 Å². The van der Waals surface area contributed by atoms with Crippen molar-refractivity contribution >= 4 is 28.3 Å². The third-order valence-corrected chi connectivity index (χ3v) is 4.53. The Hall–Kier alpha value is -0.410. The number of nitrogens with one attached hydrogen (secondary N) is 1. The Morgan fingerprint density at radius 2 is 1.89 bits per heavy atom.